The van der Waals surface area contributed by atoms with Crippen molar-refractivity contribution >= 4 is 11.6 Å². The molecular formula is C19H12F6N4O3. The predicted octanol–water partition coefficient (Wildman–Crippen LogP) is 4.50. The molecule has 0 saturated heterocycles. The zero-order valence-corrected chi connectivity index (χ0v) is 16.0. The summed E-state index contributed by atoms with van der Waals surface area (Å²) in [5, 5.41) is 5.90. The van der Waals surface area contributed by atoms with Crippen molar-refractivity contribution in [2.45, 2.75) is 12.4 Å². The number of rotatable bonds is 3. The number of hydrogen-bond donors (Lipinski definition) is 1. The van der Waals surface area contributed by atoms with Gasteiger partial charge in [0.15, 0.2) is 11.5 Å². The highest BCUT2D eigenvalue weighted by molar-refractivity contribution is 6.05. The second-order valence-electron chi connectivity index (χ2n) is 6.61. The highest BCUT2D eigenvalue weighted by atomic mass is 19.4. The first-order valence-corrected chi connectivity index (χ1v) is 8.84. The summed E-state index contributed by atoms with van der Waals surface area (Å²) in [7, 11) is 1.11. The quantitative estimate of drug-likeness (QED) is 0.585. The number of pyridine rings is 1. The number of aromatic nitrogens is 3. The molecule has 7 nitrogen and oxygen atoms in total. The average Bonchev–Trinajstić information content (AvgIpc) is 3.31. The average molecular weight is 458 g/mol. The topological polar surface area (TPSA) is 78.3 Å². The lowest BCUT2D eigenvalue weighted by molar-refractivity contribution is -0.141. The Morgan fingerprint density at radius 2 is 1.84 bits per heavy atom. The number of carbonyl (C=O) groups excluding carboxylic acids is 1. The molecule has 0 aliphatic carbocycles. The van der Waals surface area contributed by atoms with Crippen molar-refractivity contribution in [1.29, 1.82) is 0 Å². The van der Waals surface area contributed by atoms with Gasteiger partial charge >= 0.3 is 12.4 Å². The van der Waals surface area contributed by atoms with Crippen molar-refractivity contribution < 1.29 is 40.6 Å². The molecule has 4 rings (SSSR count). The van der Waals surface area contributed by atoms with E-state index in [0.717, 1.165) is 19.3 Å². The Morgan fingerprint density at radius 3 is 2.53 bits per heavy atom. The molecule has 3 aromatic rings. The second kappa shape index (κ2) is 7.43. The Hall–Kier alpha value is -3.77. The van der Waals surface area contributed by atoms with Crippen LogP contribution in [0, 0.1) is 0 Å². The zero-order chi connectivity index (χ0) is 23.3. The van der Waals surface area contributed by atoms with Crippen molar-refractivity contribution in [2.75, 3.05) is 12.1 Å². The van der Waals surface area contributed by atoms with Gasteiger partial charge in [-0.3, -0.25) is 14.5 Å². The van der Waals surface area contributed by atoms with Gasteiger partial charge in [-0.1, -0.05) is 6.07 Å². The molecule has 0 saturated carbocycles. The first kappa shape index (κ1) is 21.5. The number of benzene rings is 1. The molecule has 32 heavy (non-hydrogen) atoms. The van der Waals surface area contributed by atoms with Crippen molar-refractivity contribution in [2.24, 2.45) is 7.05 Å². The molecule has 0 radical (unpaired) electrons. The standard InChI is InChI=1S/C19H12F6N4O3/c1-29-15(17(30)27-9-5-6-26-12(7-9)18(20,21)22)13(19(23,24)25)14(28-29)10-3-2-4-11-16(10)32-8-31-11/h2-7H,8H2,1H3,(H,26,27,30). The summed E-state index contributed by atoms with van der Waals surface area (Å²) in [6.07, 6.45) is -9.04. The molecule has 1 aliphatic rings. The monoisotopic (exact) mass is 458 g/mol. The molecule has 0 atom stereocenters. The molecule has 1 aliphatic heterocycles. The lowest BCUT2D eigenvalue weighted by Crippen LogP contribution is -2.21. The van der Waals surface area contributed by atoms with E-state index in [-0.39, 0.29) is 29.5 Å². The number of hydrogen-bond acceptors (Lipinski definition) is 5. The van der Waals surface area contributed by atoms with Gasteiger partial charge < -0.3 is 14.8 Å². The molecule has 1 amide bonds. The third kappa shape index (κ3) is 3.81. The molecule has 13 heteroatoms. The van der Waals surface area contributed by atoms with E-state index in [0.29, 0.717) is 10.7 Å². The molecular weight excluding hydrogens is 446 g/mol. The van der Waals surface area contributed by atoms with Crippen LogP contribution in [0.1, 0.15) is 21.7 Å². The molecule has 0 bridgehead atoms. The summed E-state index contributed by atoms with van der Waals surface area (Å²) in [5.74, 6) is -1.06. The van der Waals surface area contributed by atoms with Gasteiger partial charge in [0, 0.05) is 24.5 Å². The van der Waals surface area contributed by atoms with Crippen LogP contribution in [0.15, 0.2) is 36.5 Å². The lowest BCUT2D eigenvalue weighted by Gasteiger charge is -2.12. The number of nitrogens with one attached hydrogen (secondary N) is 1. The molecule has 0 spiro atoms. The fraction of sp³-hybridized carbons (Fsp3) is 0.211. The van der Waals surface area contributed by atoms with Crippen molar-refractivity contribution in [3.63, 3.8) is 0 Å². The van der Waals surface area contributed by atoms with Gasteiger partial charge in [0.05, 0.1) is 0 Å². The summed E-state index contributed by atoms with van der Waals surface area (Å²) in [6, 6.07) is 5.79. The van der Waals surface area contributed by atoms with Crippen LogP contribution in [0.5, 0.6) is 11.5 Å². The molecule has 0 unspecified atom stereocenters. The van der Waals surface area contributed by atoms with Gasteiger partial charge in [-0.25, -0.2) is 0 Å². The fourth-order valence-electron chi connectivity index (χ4n) is 3.21. The predicted molar refractivity (Wildman–Crippen MR) is 97.0 cm³/mol. The van der Waals surface area contributed by atoms with Gasteiger partial charge in [0.2, 0.25) is 6.79 Å². The first-order valence-electron chi connectivity index (χ1n) is 8.84. The van der Waals surface area contributed by atoms with Crippen LogP contribution in [0.2, 0.25) is 0 Å². The van der Waals surface area contributed by atoms with Crippen LogP contribution in [0.3, 0.4) is 0 Å². The minimum atomic E-state index is -5.02. The number of para-hydroxylation sites is 1. The first-order chi connectivity index (χ1) is 15.0. The van der Waals surface area contributed by atoms with Gasteiger partial charge in [-0.2, -0.15) is 31.4 Å². The molecule has 2 aromatic heterocycles. The third-order valence-corrected chi connectivity index (χ3v) is 4.51. The third-order valence-electron chi connectivity index (χ3n) is 4.51. The number of aryl methyl sites for hydroxylation is 1. The molecule has 168 valence electrons. The maximum atomic E-state index is 14.0. The summed E-state index contributed by atoms with van der Waals surface area (Å²) in [5.41, 5.74) is -4.59. The molecule has 3 heterocycles. The largest absolute Gasteiger partial charge is 0.454 e. The second-order valence-corrected chi connectivity index (χ2v) is 6.61. The number of amides is 1. The number of carbonyl (C=O) groups is 1. The smallest absolute Gasteiger partial charge is 0.433 e. The fourth-order valence-corrected chi connectivity index (χ4v) is 3.21. The van der Waals surface area contributed by atoms with E-state index in [1.165, 1.54) is 18.2 Å². The van der Waals surface area contributed by atoms with Crippen LogP contribution >= 0.6 is 0 Å². The maximum absolute atomic E-state index is 14.0. The van der Waals surface area contributed by atoms with E-state index in [9.17, 15) is 31.1 Å². The van der Waals surface area contributed by atoms with E-state index >= 15 is 0 Å². The van der Waals surface area contributed by atoms with E-state index in [1.807, 2.05) is 5.32 Å². The van der Waals surface area contributed by atoms with E-state index in [1.54, 1.807) is 0 Å². The van der Waals surface area contributed by atoms with Crippen LogP contribution in [0.25, 0.3) is 11.3 Å². The summed E-state index contributed by atoms with van der Waals surface area (Å²) in [6.45, 7) is -0.197. The highest BCUT2D eigenvalue weighted by Crippen LogP contribution is 2.46. The minimum absolute atomic E-state index is 0.0343. The number of anilines is 1. The van der Waals surface area contributed by atoms with Gasteiger partial charge in [-0.15, -0.1) is 0 Å². The van der Waals surface area contributed by atoms with Crippen molar-refractivity contribution in [1.82, 2.24) is 14.8 Å². The van der Waals surface area contributed by atoms with E-state index in [4.69, 9.17) is 9.47 Å². The van der Waals surface area contributed by atoms with Gasteiger partial charge in [-0.05, 0) is 24.3 Å². The van der Waals surface area contributed by atoms with Crippen LogP contribution in [0.4, 0.5) is 32.0 Å². The number of nitrogens with zero attached hydrogens (tertiary/aromatic N) is 3. The maximum Gasteiger partial charge on any atom is 0.433 e. The van der Waals surface area contributed by atoms with Crippen molar-refractivity contribution in [3.8, 4) is 22.8 Å². The summed E-state index contributed by atoms with van der Waals surface area (Å²) < 4.78 is 91.7. The summed E-state index contributed by atoms with van der Waals surface area (Å²) >= 11 is 0. The SMILES string of the molecule is Cn1nc(-c2cccc3c2OCO3)c(C(F)(F)F)c1C(=O)Nc1ccnc(C(F)(F)F)c1. The van der Waals surface area contributed by atoms with Crippen LogP contribution < -0.4 is 14.8 Å². The number of ether oxygens (including phenoxy) is 2. The Labute approximate surface area is 175 Å². The van der Waals surface area contributed by atoms with Crippen molar-refractivity contribution in [3.05, 3.63) is 53.5 Å². The van der Waals surface area contributed by atoms with Crippen LogP contribution in [-0.4, -0.2) is 27.5 Å². The normalized spacial score (nSPS) is 13.3. The van der Waals surface area contributed by atoms with Gasteiger partial charge in [0.1, 0.15) is 22.6 Å². The lowest BCUT2D eigenvalue weighted by atomic mass is 10.0. The van der Waals surface area contributed by atoms with Crippen LogP contribution in [-0.2, 0) is 19.4 Å². The summed E-state index contributed by atoms with van der Waals surface area (Å²) in [4.78, 5) is 15.9. The Balaban J connectivity index is 1.79. The molecule has 0 fully saturated rings. The number of alkyl halides is 6. The zero-order valence-electron chi connectivity index (χ0n) is 16.0. The van der Waals surface area contributed by atoms with Gasteiger partial charge in [0.25, 0.3) is 5.91 Å². The number of fused-ring (bicyclic) bond motifs is 1. The Bertz CT molecular complexity index is 1200. The van der Waals surface area contributed by atoms with E-state index < -0.39 is 40.9 Å². The Kier molecular flexibility index (Phi) is 4.98. The Morgan fingerprint density at radius 1 is 1.09 bits per heavy atom. The van der Waals surface area contributed by atoms with E-state index in [2.05, 4.69) is 10.1 Å². The highest BCUT2D eigenvalue weighted by Gasteiger charge is 2.43. The minimum Gasteiger partial charge on any atom is -0.454 e. The number of halogens is 6. The molecule has 1 N–H and O–H groups in total. The molecule has 1 aromatic carbocycles.